The van der Waals surface area contributed by atoms with Gasteiger partial charge in [0.05, 0.1) is 16.3 Å². The van der Waals surface area contributed by atoms with E-state index >= 15 is 0 Å². The lowest BCUT2D eigenvalue weighted by molar-refractivity contribution is 0.313. The van der Waals surface area contributed by atoms with Gasteiger partial charge >= 0.3 is 0 Å². The summed E-state index contributed by atoms with van der Waals surface area (Å²) in [6.45, 7) is 1.33. The number of H-pyrrole nitrogens is 1. The predicted octanol–water partition coefficient (Wildman–Crippen LogP) is 5.00. The maximum atomic E-state index is 12.7. The lowest BCUT2D eigenvalue weighted by Crippen LogP contribution is -2.21. The van der Waals surface area contributed by atoms with Crippen molar-refractivity contribution in [2.45, 2.75) is 13.1 Å². The standard InChI is InChI=1S/C19H16ClN3OS2/c1-23(9-13-7-8-15(20)26-13)10-16-21-18(24)17-14(11-25-19(17)22-16)12-5-3-2-4-6-12/h2-8,11H,9-10H2,1H3,(H,21,22,24). The number of hydrogen-bond acceptors (Lipinski definition) is 5. The Morgan fingerprint density at radius 2 is 1.96 bits per heavy atom. The van der Waals surface area contributed by atoms with E-state index in [1.165, 1.54) is 16.2 Å². The van der Waals surface area contributed by atoms with Gasteiger partial charge in [-0.2, -0.15) is 0 Å². The molecule has 0 spiro atoms. The van der Waals surface area contributed by atoms with Crippen molar-refractivity contribution >= 4 is 44.5 Å². The number of thiophene rings is 2. The van der Waals surface area contributed by atoms with Gasteiger partial charge in [0.25, 0.3) is 5.56 Å². The van der Waals surface area contributed by atoms with E-state index < -0.39 is 0 Å². The average molecular weight is 402 g/mol. The van der Waals surface area contributed by atoms with Crippen molar-refractivity contribution in [3.63, 3.8) is 0 Å². The Hall–Kier alpha value is -1.99. The molecule has 0 amide bonds. The molecule has 26 heavy (non-hydrogen) atoms. The third kappa shape index (κ3) is 3.59. The first-order valence-electron chi connectivity index (χ1n) is 8.09. The Balaban J connectivity index is 1.61. The number of hydrogen-bond donors (Lipinski definition) is 1. The molecule has 4 nitrogen and oxygen atoms in total. The van der Waals surface area contributed by atoms with Crippen molar-refractivity contribution in [2.24, 2.45) is 0 Å². The molecule has 0 saturated heterocycles. The molecule has 0 aliphatic carbocycles. The molecule has 0 unspecified atom stereocenters. The molecule has 0 saturated carbocycles. The van der Waals surface area contributed by atoms with Crippen molar-refractivity contribution in [1.29, 1.82) is 0 Å². The van der Waals surface area contributed by atoms with Crippen molar-refractivity contribution in [2.75, 3.05) is 7.05 Å². The lowest BCUT2D eigenvalue weighted by Gasteiger charge is -2.14. The second-order valence-electron chi connectivity index (χ2n) is 6.09. The van der Waals surface area contributed by atoms with Crippen molar-refractivity contribution in [3.8, 4) is 11.1 Å². The Labute approximate surface area is 163 Å². The highest BCUT2D eigenvalue weighted by molar-refractivity contribution is 7.17. The minimum absolute atomic E-state index is 0.0855. The van der Waals surface area contributed by atoms with E-state index in [0.717, 1.165) is 26.8 Å². The quantitative estimate of drug-likeness (QED) is 0.512. The molecule has 4 rings (SSSR count). The van der Waals surface area contributed by atoms with Crippen molar-refractivity contribution in [1.82, 2.24) is 14.9 Å². The van der Waals surface area contributed by atoms with E-state index in [4.69, 9.17) is 11.6 Å². The van der Waals surface area contributed by atoms with Gasteiger partial charge in [-0.3, -0.25) is 9.69 Å². The van der Waals surface area contributed by atoms with Gasteiger partial charge in [-0.05, 0) is 24.7 Å². The smallest absolute Gasteiger partial charge is 0.260 e. The first kappa shape index (κ1) is 17.4. The summed E-state index contributed by atoms with van der Waals surface area (Å²) in [4.78, 5) is 24.4. The molecule has 3 heterocycles. The van der Waals surface area contributed by atoms with Gasteiger partial charge in [-0.1, -0.05) is 41.9 Å². The summed E-state index contributed by atoms with van der Waals surface area (Å²) in [6, 6.07) is 13.9. The van der Waals surface area contributed by atoms with Gasteiger partial charge in [0, 0.05) is 22.4 Å². The number of nitrogens with one attached hydrogen (secondary N) is 1. The van der Waals surface area contributed by atoms with Gasteiger partial charge in [-0.15, -0.1) is 22.7 Å². The van der Waals surface area contributed by atoms with Crippen LogP contribution in [0.1, 0.15) is 10.7 Å². The Kier molecular flexibility index (Phi) is 4.91. The van der Waals surface area contributed by atoms with Crippen LogP contribution in [0, 0.1) is 0 Å². The highest BCUT2D eigenvalue weighted by Crippen LogP contribution is 2.30. The molecule has 1 aromatic carbocycles. The topological polar surface area (TPSA) is 49.0 Å². The van der Waals surface area contributed by atoms with E-state index in [2.05, 4.69) is 14.9 Å². The third-order valence-electron chi connectivity index (χ3n) is 4.05. The molecule has 0 atom stereocenters. The average Bonchev–Trinajstić information content (AvgIpc) is 3.22. The van der Waals surface area contributed by atoms with Crippen LogP contribution in [-0.2, 0) is 13.1 Å². The molecule has 0 aliphatic heterocycles. The van der Waals surface area contributed by atoms with Gasteiger partial charge in [0.2, 0.25) is 0 Å². The zero-order chi connectivity index (χ0) is 18.1. The SMILES string of the molecule is CN(Cc1nc2scc(-c3ccccc3)c2c(=O)[nH]1)Cc1ccc(Cl)s1. The Morgan fingerprint density at radius 1 is 1.15 bits per heavy atom. The first-order valence-corrected chi connectivity index (χ1v) is 10.2. The van der Waals surface area contributed by atoms with Gasteiger partial charge < -0.3 is 4.98 Å². The summed E-state index contributed by atoms with van der Waals surface area (Å²) < 4.78 is 0.786. The molecule has 7 heteroatoms. The normalized spacial score (nSPS) is 11.5. The van der Waals surface area contributed by atoms with E-state index in [-0.39, 0.29) is 5.56 Å². The van der Waals surface area contributed by atoms with E-state index in [0.29, 0.717) is 17.8 Å². The van der Waals surface area contributed by atoms with Crippen LogP contribution in [0.3, 0.4) is 0 Å². The number of aromatic amines is 1. The van der Waals surface area contributed by atoms with Crippen LogP contribution in [0.4, 0.5) is 0 Å². The van der Waals surface area contributed by atoms with Crippen LogP contribution in [0.5, 0.6) is 0 Å². The minimum Gasteiger partial charge on any atom is -0.309 e. The van der Waals surface area contributed by atoms with Crippen LogP contribution < -0.4 is 5.56 Å². The molecule has 0 radical (unpaired) electrons. The van der Waals surface area contributed by atoms with Gasteiger partial charge in [0.1, 0.15) is 10.7 Å². The predicted molar refractivity (Wildman–Crippen MR) is 110 cm³/mol. The van der Waals surface area contributed by atoms with Crippen molar-refractivity contribution in [3.05, 3.63) is 73.2 Å². The van der Waals surface area contributed by atoms with Crippen LogP contribution in [0.25, 0.3) is 21.3 Å². The summed E-state index contributed by atoms with van der Waals surface area (Å²) in [7, 11) is 2.00. The summed E-state index contributed by atoms with van der Waals surface area (Å²) in [5, 5.41) is 2.67. The molecule has 1 N–H and O–H groups in total. The zero-order valence-electron chi connectivity index (χ0n) is 14.0. The van der Waals surface area contributed by atoms with Crippen LogP contribution in [-0.4, -0.2) is 21.9 Å². The number of rotatable bonds is 5. The molecule has 3 aromatic heterocycles. The monoisotopic (exact) mass is 401 g/mol. The van der Waals surface area contributed by atoms with Gasteiger partial charge in [-0.25, -0.2) is 4.98 Å². The molecule has 0 bridgehead atoms. The van der Waals surface area contributed by atoms with Gasteiger partial charge in [0.15, 0.2) is 0 Å². The number of aromatic nitrogens is 2. The first-order chi connectivity index (χ1) is 12.6. The largest absolute Gasteiger partial charge is 0.309 e. The molecule has 0 fully saturated rings. The fourth-order valence-electron chi connectivity index (χ4n) is 2.91. The van der Waals surface area contributed by atoms with E-state index in [1.54, 1.807) is 11.3 Å². The van der Waals surface area contributed by atoms with Crippen LogP contribution in [0.15, 0.2) is 52.6 Å². The highest BCUT2D eigenvalue weighted by atomic mass is 35.5. The molecular formula is C19H16ClN3OS2. The number of halogens is 1. The van der Waals surface area contributed by atoms with E-state index in [1.807, 2.05) is 54.9 Å². The van der Waals surface area contributed by atoms with Crippen LogP contribution >= 0.6 is 34.3 Å². The summed E-state index contributed by atoms with van der Waals surface area (Å²) >= 11 is 9.06. The number of nitrogens with zero attached hydrogens (tertiary/aromatic N) is 2. The molecule has 0 aliphatic rings. The third-order valence-corrected chi connectivity index (χ3v) is 6.14. The molecular weight excluding hydrogens is 386 g/mol. The number of benzene rings is 1. The van der Waals surface area contributed by atoms with Crippen LogP contribution in [0.2, 0.25) is 4.34 Å². The fraction of sp³-hybridized carbons (Fsp3) is 0.158. The van der Waals surface area contributed by atoms with Crippen molar-refractivity contribution < 1.29 is 0 Å². The highest BCUT2D eigenvalue weighted by Gasteiger charge is 2.14. The number of fused-ring (bicyclic) bond motifs is 1. The zero-order valence-corrected chi connectivity index (χ0v) is 16.4. The summed E-state index contributed by atoms with van der Waals surface area (Å²) in [6.07, 6.45) is 0. The second-order valence-corrected chi connectivity index (χ2v) is 8.74. The molecule has 4 aromatic rings. The van der Waals surface area contributed by atoms with E-state index in [9.17, 15) is 4.79 Å². The minimum atomic E-state index is -0.0855. The Morgan fingerprint density at radius 3 is 2.69 bits per heavy atom. The fourth-order valence-corrected chi connectivity index (χ4v) is 5.05. The lowest BCUT2D eigenvalue weighted by atomic mass is 10.1. The molecule has 132 valence electrons. The summed E-state index contributed by atoms with van der Waals surface area (Å²) in [5.74, 6) is 0.675. The Bertz CT molecular complexity index is 1100. The summed E-state index contributed by atoms with van der Waals surface area (Å²) in [5.41, 5.74) is 1.88. The second kappa shape index (κ2) is 7.32. The maximum Gasteiger partial charge on any atom is 0.260 e. The maximum absolute atomic E-state index is 12.7.